The van der Waals surface area contributed by atoms with Gasteiger partial charge in [-0.2, -0.15) is 0 Å². The number of benzene rings is 2. The zero-order valence-corrected chi connectivity index (χ0v) is 32.3. The lowest BCUT2D eigenvalue weighted by Gasteiger charge is -2.26. The zero-order chi connectivity index (χ0) is 43.0. The summed E-state index contributed by atoms with van der Waals surface area (Å²) in [4.78, 5) is 109. The minimum Gasteiger partial charge on any atom is -0.488 e. The zero-order valence-electron chi connectivity index (χ0n) is 32.3. The molecule has 0 atom stereocenters. The third-order valence-electron chi connectivity index (χ3n) is 6.63. The highest BCUT2D eigenvalue weighted by Gasteiger charge is 2.23. The lowest BCUT2D eigenvalue weighted by molar-refractivity contribution is -0.167. The highest BCUT2D eigenvalue weighted by molar-refractivity contribution is 5.90. The van der Waals surface area contributed by atoms with E-state index in [4.69, 9.17) is 28.4 Å². The average molecular weight is 822 g/mol. The topological polar surface area (TPSA) is 264 Å². The van der Waals surface area contributed by atoms with Crippen LogP contribution in [-0.4, -0.2) is 120 Å². The fourth-order valence-corrected chi connectivity index (χ4v) is 4.29. The quantitative estimate of drug-likeness (QED) is 0.0669. The van der Waals surface area contributed by atoms with E-state index in [0.717, 1.165) is 27.7 Å². The second-order valence-corrected chi connectivity index (χ2v) is 11.3. The van der Waals surface area contributed by atoms with Crippen LogP contribution in [0.1, 0.15) is 34.6 Å². The van der Waals surface area contributed by atoms with Crippen LogP contribution >= 0.6 is 0 Å². The molecular weight excluding hydrogens is 778 g/mol. The molecule has 0 unspecified atom stereocenters. The number of nitrogens with one attached hydrogen (secondary N) is 1. The van der Waals surface area contributed by atoms with Gasteiger partial charge in [-0.1, -0.05) is 12.1 Å². The molecule has 0 radical (unpaired) electrons. The molecule has 1 N–H and O–H groups in total. The molecule has 0 aliphatic carbocycles. The smallest absolute Gasteiger partial charge is 0.328 e. The normalized spacial score (nSPS) is 10.1. The SMILES string of the molecule is CC(=O)Nc1ccc(N(CC(=O)OCOC(C)=O)CC(=O)OCOC(C)=O)c(OCCOc2ccccc2N(CC(=O)OCOC(C)=O)CC(=O)OCOC(C)=O)c1. The fraction of sp³-hybridized carbons (Fsp3) is 0.417. The van der Waals surface area contributed by atoms with Crippen molar-refractivity contribution < 1.29 is 90.5 Å². The third kappa shape index (κ3) is 19.5. The van der Waals surface area contributed by atoms with Gasteiger partial charge in [0.1, 0.15) is 50.9 Å². The maximum Gasteiger partial charge on any atom is 0.328 e. The number of hydrogen-bond acceptors (Lipinski definition) is 21. The molecule has 0 aliphatic heterocycles. The van der Waals surface area contributed by atoms with Gasteiger partial charge in [0.15, 0.2) is 0 Å². The van der Waals surface area contributed by atoms with Crippen LogP contribution in [0.5, 0.6) is 11.5 Å². The van der Waals surface area contributed by atoms with Gasteiger partial charge in [-0.25, -0.2) is 0 Å². The van der Waals surface area contributed by atoms with Crippen molar-refractivity contribution in [3.05, 3.63) is 42.5 Å². The summed E-state index contributed by atoms with van der Waals surface area (Å²) in [6.45, 7) is 0.221. The van der Waals surface area contributed by atoms with Crippen LogP contribution in [0, 0.1) is 0 Å². The molecule has 2 aromatic rings. The van der Waals surface area contributed by atoms with Crippen LogP contribution in [0.15, 0.2) is 42.5 Å². The predicted octanol–water partition coefficient (Wildman–Crippen LogP) is 0.971. The molecule has 316 valence electrons. The summed E-state index contributed by atoms with van der Waals surface area (Å²) in [6.07, 6.45) is 0. The Labute approximate surface area is 331 Å². The van der Waals surface area contributed by atoms with E-state index in [1.165, 1.54) is 47.1 Å². The van der Waals surface area contributed by atoms with E-state index < -0.39 is 107 Å². The van der Waals surface area contributed by atoms with Crippen molar-refractivity contribution in [1.29, 1.82) is 0 Å². The van der Waals surface area contributed by atoms with Crippen molar-refractivity contribution in [3.8, 4) is 11.5 Å². The Morgan fingerprint density at radius 2 is 0.828 bits per heavy atom. The van der Waals surface area contributed by atoms with E-state index in [2.05, 4.69) is 24.3 Å². The molecule has 22 heteroatoms. The molecule has 22 nitrogen and oxygen atoms in total. The van der Waals surface area contributed by atoms with Gasteiger partial charge in [0.2, 0.25) is 33.1 Å². The molecule has 0 aromatic heterocycles. The van der Waals surface area contributed by atoms with Crippen molar-refractivity contribution in [1.82, 2.24) is 0 Å². The summed E-state index contributed by atoms with van der Waals surface area (Å²) < 4.78 is 50.2. The monoisotopic (exact) mass is 821 g/mol. The number of hydrogen-bond donors (Lipinski definition) is 1. The molecule has 0 saturated heterocycles. The van der Waals surface area contributed by atoms with Crippen LogP contribution in [0.4, 0.5) is 17.1 Å². The van der Waals surface area contributed by atoms with Crippen molar-refractivity contribution >= 4 is 70.7 Å². The van der Waals surface area contributed by atoms with E-state index in [0.29, 0.717) is 0 Å². The molecule has 58 heavy (non-hydrogen) atoms. The van der Waals surface area contributed by atoms with Crippen LogP contribution in [0.3, 0.4) is 0 Å². The molecule has 2 rings (SSSR count). The minimum atomic E-state index is -0.930. The summed E-state index contributed by atoms with van der Waals surface area (Å²) in [5.41, 5.74) is 0.591. The van der Waals surface area contributed by atoms with Gasteiger partial charge in [0.25, 0.3) is 0 Å². The number of anilines is 3. The highest BCUT2D eigenvalue weighted by atomic mass is 16.7. The number of nitrogens with zero attached hydrogens (tertiary/aromatic N) is 2. The highest BCUT2D eigenvalue weighted by Crippen LogP contribution is 2.33. The van der Waals surface area contributed by atoms with Crippen LogP contribution < -0.4 is 24.6 Å². The summed E-state index contributed by atoms with van der Waals surface area (Å²) in [5.74, 6) is -6.71. The van der Waals surface area contributed by atoms with E-state index in [-0.39, 0.29) is 41.8 Å². The Morgan fingerprint density at radius 1 is 0.466 bits per heavy atom. The van der Waals surface area contributed by atoms with E-state index in [1.54, 1.807) is 12.1 Å². The van der Waals surface area contributed by atoms with Gasteiger partial charge in [-0.15, -0.1) is 0 Å². The largest absolute Gasteiger partial charge is 0.488 e. The fourth-order valence-electron chi connectivity index (χ4n) is 4.29. The lowest BCUT2D eigenvalue weighted by Crippen LogP contribution is -2.37. The first-order chi connectivity index (χ1) is 27.5. The number of rotatable bonds is 24. The molecule has 0 bridgehead atoms. The summed E-state index contributed by atoms with van der Waals surface area (Å²) >= 11 is 0. The Kier molecular flexibility index (Phi) is 20.4. The summed E-state index contributed by atoms with van der Waals surface area (Å²) in [6, 6.07) is 10.5. The molecule has 2 aromatic carbocycles. The van der Waals surface area contributed by atoms with Gasteiger partial charge in [0, 0.05) is 46.4 Å². The summed E-state index contributed by atoms with van der Waals surface area (Å²) in [5, 5.41) is 2.59. The number of para-hydroxylation sites is 2. The van der Waals surface area contributed by atoms with Crippen molar-refractivity contribution in [2.75, 3.05) is 81.7 Å². The van der Waals surface area contributed by atoms with Gasteiger partial charge >= 0.3 is 47.8 Å². The minimum absolute atomic E-state index is 0.0244. The van der Waals surface area contributed by atoms with Crippen molar-refractivity contribution in [3.63, 3.8) is 0 Å². The van der Waals surface area contributed by atoms with Gasteiger partial charge in [-0.3, -0.25) is 43.2 Å². The van der Waals surface area contributed by atoms with E-state index in [1.807, 2.05) is 0 Å². The Bertz CT molecular complexity index is 1710. The third-order valence-corrected chi connectivity index (χ3v) is 6.63. The number of ether oxygens (including phenoxy) is 10. The molecule has 0 aliphatic rings. The average Bonchev–Trinajstić information content (AvgIpc) is 3.12. The van der Waals surface area contributed by atoms with E-state index in [9.17, 15) is 43.2 Å². The maximum absolute atomic E-state index is 12.7. The predicted molar refractivity (Wildman–Crippen MR) is 194 cm³/mol. The number of esters is 8. The second kappa shape index (κ2) is 25.1. The molecule has 0 fully saturated rings. The summed E-state index contributed by atoms with van der Waals surface area (Å²) in [7, 11) is 0. The standard InChI is InChI=1S/C36H43N3O19/c1-23(40)37-28-10-11-30(39(17-35(47)57-21-53-26(4)43)18-36(48)58-22-54-27(5)44)32(14-28)50-13-12-49-31-9-7-6-8-29(31)38(15-33(45)55-19-51-24(2)41)16-34(46)56-20-52-25(3)42/h6-11,14H,12-13,15-22H2,1-5H3,(H,37,40). The molecular formula is C36H43N3O19. The number of amides is 1. The van der Waals surface area contributed by atoms with Crippen molar-refractivity contribution in [2.45, 2.75) is 34.6 Å². The van der Waals surface area contributed by atoms with Crippen LogP contribution in [0.2, 0.25) is 0 Å². The first-order valence-electron chi connectivity index (χ1n) is 17.0. The Morgan fingerprint density at radius 3 is 1.21 bits per heavy atom. The van der Waals surface area contributed by atoms with Crippen LogP contribution in [0.25, 0.3) is 0 Å². The first-order valence-corrected chi connectivity index (χ1v) is 17.0. The van der Waals surface area contributed by atoms with Gasteiger partial charge in [0.05, 0.1) is 11.4 Å². The second-order valence-electron chi connectivity index (χ2n) is 11.3. The first kappa shape index (κ1) is 47.0. The van der Waals surface area contributed by atoms with Gasteiger partial charge in [-0.05, 0) is 24.3 Å². The molecule has 0 spiro atoms. The van der Waals surface area contributed by atoms with E-state index >= 15 is 0 Å². The Hall–Kier alpha value is -7.13. The van der Waals surface area contributed by atoms with Gasteiger partial charge < -0.3 is 62.5 Å². The molecule has 0 saturated carbocycles. The lowest BCUT2D eigenvalue weighted by atomic mass is 10.2. The Balaban J connectivity index is 2.34. The van der Waals surface area contributed by atoms with Crippen molar-refractivity contribution in [2.24, 2.45) is 0 Å². The maximum atomic E-state index is 12.7. The van der Waals surface area contributed by atoms with Crippen LogP contribution in [-0.2, 0) is 81.0 Å². The number of carbonyl (C=O) groups is 9. The molecule has 0 heterocycles. The number of carbonyl (C=O) groups excluding carboxylic acids is 9. The molecule has 1 amide bonds.